The van der Waals surface area contributed by atoms with Gasteiger partial charge in [-0.1, -0.05) is 12.8 Å². The van der Waals surface area contributed by atoms with E-state index in [-0.39, 0.29) is 28.5 Å². The standard InChI is InChI=1S/C27H37N5O2/c1-32(2)19-7-8-28-22(12-19)29-20-5-3-4-6-21(20)30-23-24(26(34)25(23)33)31-27-13-16-9-17(14-27)11-18(10-16)15-27/h7-8,12,16-18,20-21,30-31H,3-6,9-11,13-15H2,1-2H3,(H,28,29)/t16?,17?,18?,20-,21-,27?/m1/s1. The number of nitrogens with one attached hydrogen (secondary N) is 3. The van der Waals surface area contributed by atoms with Crippen molar-refractivity contribution in [2.45, 2.75) is 81.8 Å². The molecule has 3 N–H and O–H groups in total. The Morgan fingerprint density at radius 2 is 1.47 bits per heavy atom. The normalized spacial score (nSPS) is 34.2. The van der Waals surface area contributed by atoms with Gasteiger partial charge in [0, 0.05) is 49.7 Å². The van der Waals surface area contributed by atoms with E-state index >= 15 is 0 Å². The zero-order chi connectivity index (χ0) is 23.4. The van der Waals surface area contributed by atoms with Crippen LogP contribution < -0.4 is 31.7 Å². The quantitative estimate of drug-likeness (QED) is 0.536. The van der Waals surface area contributed by atoms with Crippen LogP contribution in [0.25, 0.3) is 0 Å². The van der Waals surface area contributed by atoms with Crippen LogP contribution in [0, 0.1) is 17.8 Å². The van der Waals surface area contributed by atoms with Crippen molar-refractivity contribution in [3.05, 3.63) is 38.8 Å². The van der Waals surface area contributed by atoms with Gasteiger partial charge >= 0.3 is 0 Å². The summed E-state index contributed by atoms with van der Waals surface area (Å²) >= 11 is 0. The molecule has 0 aliphatic heterocycles. The lowest BCUT2D eigenvalue weighted by atomic mass is 9.53. The smallest absolute Gasteiger partial charge is 0.253 e. The first-order valence-corrected chi connectivity index (χ1v) is 13.2. The van der Waals surface area contributed by atoms with Crippen molar-refractivity contribution in [1.29, 1.82) is 0 Å². The molecule has 4 bridgehead atoms. The van der Waals surface area contributed by atoms with Crippen molar-refractivity contribution in [2.24, 2.45) is 17.8 Å². The third-order valence-electron chi connectivity index (χ3n) is 9.03. The topological polar surface area (TPSA) is 86.4 Å². The van der Waals surface area contributed by atoms with Gasteiger partial charge in [0.25, 0.3) is 10.9 Å². The monoisotopic (exact) mass is 463 g/mol. The van der Waals surface area contributed by atoms with E-state index in [0.29, 0.717) is 11.4 Å². The van der Waals surface area contributed by atoms with Crippen LogP contribution in [-0.4, -0.2) is 36.7 Å². The van der Waals surface area contributed by atoms with Crippen molar-refractivity contribution in [3.8, 4) is 0 Å². The van der Waals surface area contributed by atoms with E-state index in [9.17, 15) is 9.59 Å². The Morgan fingerprint density at radius 3 is 2.09 bits per heavy atom. The summed E-state index contributed by atoms with van der Waals surface area (Å²) in [7, 11) is 4.04. The molecule has 7 rings (SSSR count). The molecule has 1 aromatic carbocycles. The maximum Gasteiger partial charge on any atom is 0.253 e. The molecule has 2 atom stereocenters. The Bertz CT molecular complexity index is 1100. The van der Waals surface area contributed by atoms with Gasteiger partial charge in [-0.3, -0.25) is 9.59 Å². The molecule has 0 radical (unpaired) electrons. The fourth-order valence-corrected chi connectivity index (χ4v) is 7.81. The molecule has 0 amide bonds. The molecule has 0 unspecified atom stereocenters. The number of pyridine rings is 1. The summed E-state index contributed by atoms with van der Waals surface area (Å²) in [6.45, 7) is 0. The Morgan fingerprint density at radius 1 is 0.882 bits per heavy atom. The second-order valence-electron chi connectivity index (χ2n) is 11.8. The van der Waals surface area contributed by atoms with E-state index in [1.165, 1.54) is 19.3 Å². The molecule has 7 heteroatoms. The maximum absolute atomic E-state index is 12.7. The zero-order valence-electron chi connectivity index (χ0n) is 20.4. The van der Waals surface area contributed by atoms with Gasteiger partial charge in [-0.05, 0) is 75.2 Å². The summed E-state index contributed by atoms with van der Waals surface area (Å²) < 4.78 is 0. The molecule has 5 saturated carbocycles. The highest BCUT2D eigenvalue weighted by Crippen LogP contribution is 2.56. The van der Waals surface area contributed by atoms with Crippen LogP contribution >= 0.6 is 0 Å². The summed E-state index contributed by atoms with van der Waals surface area (Å²) in [6, 6.07) is 4.31. The van der Waals surface area contributed by atoms with Crippen molar-refractivity contribution in [2.75, 3.05) is 34.9 Å². The second kappa shape index (κ2) is 8.28. The van der Waals surface area contributed by atoms with E-state index in [0.717, 1.165) is 74.2 Å². The molecule has 5 aliphatic carbocycles. The van der Waals surface area contributed by atoms with Crippen LogP contribution in [0.5, 0.6) is 0 Å². The van der Waals surface area contributed by atoms with Gasteiger partial charge in [0.05, 0.1) is 0 Å². The highest BCUT2D eigenvalue weighted by Gasteiger charge is 2.51. The van der Waals surface area contributed by atoms with Gasteiger partial charge in [0.1, 0.15) is 17.2 Å². The summed E-state index contributed by atoms with van der Waals surface area (Å²) in [5.41, 5.74) is 1.51. The summed E-state index contributed by atoms with van der Waals surface area (Å²) in [5.74, 6) is 3.22. The van der Waals surface area contributed by atoms with Crippen LogP contribution in [0.3, 0.4) is 0 Å². The molecular formula is C27H37N5O2. The summed E-state index contributed by atoms with van der Waals surface area (Å²) in [6.07, 6.45) is 13.6. The third kappa shape index (κ3) is 3.87. The van der Waals surface area contributed by atoms with Gasteiger partial charge in [0.15, 0.2) is 0 Å². The van der Waals surface area contributed by atoms with Gasteiger partial charge in [-0.25, -0.2) is 4.98 Å². The van der Waals surface area contributed by atoms with Crippen molar-refractivity contribution < 1.29 is 0 Å². The number of hydrogen-bond donors (Lipinski definition) is 3. The lowest BCUT2D eigenvalue weighted by Gasteiger charge is -2.57. The Labute approximate surface area is 201 Å². The lowest BCUT2D eigenvalue weighted by molar-refractivity contribution is 0.0106. The number of anilines is 4. The van der Waals surface area contributed by atoms with Gasteiger partial charge in [-0.15, -0.1) is 0 Å². The third-order valence-corrected chi connectivity index (χ3v) is 9.03. The Kier molecular flexibility index (Phi) is 5.34. The van der Waals surface area contributed by atoms with Crippen molar-refractivity contribution >= 4 is 22.9 Å². The van der Waals surface area contributed by atoms with Crippen molar-refractivity contribution in [1.82, 2.24) is 4.98 Å². The lowest BCUT2D eigenvalue weighted by Crippen LogP contribution is -2.57. The van der Waals surface area contributed by atoms with E-state index in [2.05, 4.69) is 31.9 Å². The van der Waals surface area contributed by atoms with Crippen LogP contribution in [0.1, 0.15) is 64.2 Å². The molecule has 182 valence electrons. The van der Waals surface area contributed by atoms with Crippen molar-refractivity contribution in [3.63, 3.8) is 0 Å². The minimum atomic E-state index is -0.357. The fourth-order valence-electron chi connectivity index (χ4n) is 7.81. The molecule has 0 spiro atoms. The highest BCUT2D eigenvalue weighted by molar-refractivity contribution is 5.75. The molecule has 2 aromatic rings. The van der Waals surface area contributed by atoms with Gasteiger partial charge in [-0.2, -0.15) is 0 Å². The van der Waals surface area contributed by atoms with E-state index in [4.69, 9.17) is 0 Å². The Hall–Kier alpha value is -2.57. The molecule has 1 heterocycles. The fraction of sp³-hybridized carbons (Fsp3) is 0.667. The number of rotatable bonds is 7. The van der Waals surface area contributed by atoms with Crippen LogP contribution in [0.2, 0.25) is 0 Å². The maximum atomic E-state index is 12.7. The molecule has 7 nitrogen and oxygen atoms in total. The van der Waals surface area contributed by atoms with Crippen LogP contribution in [-0.2, 0) is 0 Å². The largest absolute Gasteiger partial charge is 0.378 e. The molecule has 34 heavy (non-hydrogen) atoms. The molecule has 5 aliphatic rings. The van der Waals surface area contributed by atoms with Gasteiger partial charge < -0.3 is 20.9 Å². The van der Waals surface area contributed by atoms with Crippen LogP contribution in [0.15, 0.2) is 27.9 Å². The first kappa shape index (κ1) is 21.9. The minimum absolute atomic E-state index is 0.0220. The highest BCUT2D eigenvalue weighted by atomic mass is 16.2. The van der Waals surface area contributed by atoms with E-state index in [1.54, 1.807) is 0 Å². The average Bonchev–Trinajstić information content (AvgIpc) is 2.81. The van der Waals surface area contributed by atoms with E-state index in [1.807, 2.05) is 26.4 Å². The average molecular weight is 464 g/mol. The predicted octanol–water partition coefficient (Wildman–Crippen LogP) is 3.96. The zero-order valence-corrected chi connectivity index (χ0v) is 20.4. The SMILES string of the molecule is CN(C)c1ccnc(N[C@@H]2CCCC[C@H]2Nc2c(NC34CC5CC(CC(C5)C3)C4)c(=O)c2=O)c1. The number of nitrogens with zero attached hydrogens (tertiary/aromatic N) is 2. The Balaban J connectivity index is 1.19. The van der Waals surface area contributed by atoms with Crippen LogP contribution in [0.4, 0.5) is 22.9 Å². The first-order valence-electron chi connectivity index (χ1n) is 13.2. The second-order valence-corrected chi connectivity index (χ2v) is 11.8. The number of hydrogen-bond acceptors (Lipinski definition) is 7. The molecule has 0 saturated heterocycles. The molecule has 5 fully saturated rings. The molecule has 1 aromatic heterocycles. The van der Waals surface area contributed by atoms with E-state index < -0.39 is 0 Å². The summed E-state index contributed by atoms with van der Waals surface area (Å²) in [4.78, 5) is 31.9. The minimum Gasteiger partial charge on any atom is -0.378 e. The number of aromatic nitrogens is 1. The van der Waals surface area contributed by atoms with Gasteiger partial charge in [0.2, 0.25) is 0 Å². The molecular weight excluding hydrogens is 426 g/mol. The summed E-state index contributed by atoms with van der Waals surface area (Å²) in [5, 5.41) is 10.8. The predicted molar refractivity (Wildman–Crippen MR) is 138 cm³/mol. The first-order chi connectivity index (χ1) is 16.4.